The standard InChI is InChI=1S/C28H29FN4O3/c29-22-8-11-24-26(17-22)33(19-21-4-2-1-3-5-21)28(35)25(18-30-24)31-27(34)16-20-6-9-23(10-7-20)32-12-14-36-15-13-32/h1-11,17,25,30H,12-16,18-19H2,(H,31,34)/t25-/m0/s1. The molecule has 0 unspecified atom stereocenters. The topological polar surface area (TPSA) is 73.9 Å². The molecule has 2 aliphatic rings. The first-order valence-corrected chi connectivity index (χ1v) is 12.2. The van der Waals surface area contributed by atoms with Crippen LogP contribution in [0.1, 0.15) is 11.1 Å². The van der Waals surface area contributed by atoms with Gasteiger partial charge in [0.2, 0.25) is 5.91 Å². The molecule has 2 amide bonds. The van der Waals surface area contributed by atoms with E-state index in [1.54, 1.807) is 6.07 Å². The fourth-order valence-corrected chi connectivity index (χ4v) is 4.60. The van der Waals surface area contributed by atoms with Gasteiger partial charge in [0.15, 0.2) is 0 Å². The highest BCUT2D eigenvalue weighted by Crippen LogP contribution is 2.31. The molecule has 2 heterocycles. The Balaban J connectivity index is 1.29. The smallest absolute Gasteiger partial charge is 0.251 e. The Hall–Kier alpha value is -3.91. The zero-order valence-electron chi connectivity index (χ0n) is 20.0. The van der Waals surface area contributed by atoms with E-state index in [0.29, 0.717) is 24.6 Å². The number of carbonyl (C=O) groups is 2. The van der Waals surface area contributed by atoms with Crippen molar-refractivity contribution < 1.29 is 18.7 Å². The average molecular weight is 489 g/mol. The largest absolute Gasteiger partial charge is 0.381 e. The lowest BCUT2D eigenvalue weighted by atomic mass is 10.1. The minimum absolute atomic E-state index is 0.160. The molecule has 36 heavy (non-hydrogen) atoms. The van der Waals surface area contributed by atoms with Gasteiger partial charge in [-0.05, 0) is 41.5 Å². The van der Waals surface area contributed by atoms with E-state index in [4.69, 9.17) is 4.74 Å². The molecule has 7 nitrogen and oxygen atoms in total. The molecule has 1 saturated heterocycles. The molecular formula is C28H29FN4O3. The van der Waals surface area contributed by atoms with Crippen LogP contribution in [0.3, 0.4) is 0 Å². The summed E-state index contributed by atoms with van der Waals surface area (Å²) < 4.78 is 19.5. The van der Waals surface area contributed by atoms with E-state index in [-0.39, 0.29) is 31.3 Å². The summed E-state index contributed by atoms with van der Waals surface area (Å²) in [4.78, 5) is 30.3. The number of carbonyl (C=O) groups excluding carboxylic acids is 2. The number of fused-ring (bicyclic) bond motifs is 1. The highest BCUT2D eigenvalue weighted by Gasteiger charge is 2.31. The molecular weight excluding hydrogens is 459 g/mol. The van der Waals surface area contributed by atoms with Crippen molar-refractivity contribution in [3.05, 3.63) is 89.7 Å². The predicted molar refractivity (Wildman–Crippen MR) is 138 cm³/mol. The molecule has 2 N–H and O–H groups in total. The van der Waals surface area contributed by atoms with Gasteiger partial charge in [-0.2, -0.15) is 0 Å². The lowest BCUT2D eigenvalue weighted by Crippen LogP contribution is -2.50. The highest BCUT2D eigenvalue weighted by molar-refractivity contribution is 6.03. The van der Waals surface area contributed by atoms with Crippen LogP contribution in [0, 0.1) is 5.82 Å². The molecule has 0 radical (unpaired) electrons. The van der Waals surface area contributed by atoms with Crippen LogP contribution >= 0.6 is 0 Å². The van der Waals surface area contributed by atoms with Gasteiger partial charge in [0.05, 0.1) is 37.6 Å². The molecule has 0 aliphatic carbocycles. The Morgan fingerprint density at radius 2 is 1.75 bits per heavy atom. The number of rotatable bonds is 6. The number of anilines is 3. The minimum atomic E-state index is -0.788. The lowest BCUT2D eigenvalue weighted by molar-refractivity contribution is -0.127. The van der Waals surface area contributed by atoms with Gasteiger partial charge in [0.1, 0.15) is 11.9 Å². The van der Waals surface area contributed by atoms with Gasteiger partial charge in [-0.15, -0.1) is 0 Å². The molecule has 3 aromatic carbocycles. The Labute approximate surface area is 209 Å². The van der Waals surface area contributed by atoms with Crippen molar-refractivity contribution in [2.75, 3.05) is 48.0 Å². The molecule has 0 spiro atoms. The lowest BCUT2D eigenvalue weighted by Gasteiger charge is -2.29. The molecule has 0 saturated carbocycles. The minimum Gasteiger partial charge on any atom is -0.381 e. The molecule has 5 rings (SSSR count). The van der Waals surface area contributed by atoms with E-state index in [2.05, 4.69) is 15.5 Å². The van der Waals surface area contributed by atoms with Crippen molar-refractivity contribution in [1.82, 2.24) is 5.32 Å². The second-order valence-corrected chi connectivity index (χ2v) is 9.02. The number of ether oxygens (including phenoxy) is 1. The van der Waals surface area contributed by atoms with Crippen molar-refractivity contribution in [1.29, 1.82) is 0 Å². The van der Waals surface area contributed by atoms with Crippen molar-refractivity contribution in [3.8, 4) is 0 Å². The maximum atomic E-state index is 14.1. The summed E-state index contributed by atoms with van der Waals surface area (Å²) >= 11 is 0. The van der Waals surface area contributed by atoms with Gasteiger partial charge < -0.3 is 25.2 Å². The second-order valence-electron chi connectivity index (χ2n) is 9.02. The van der Waals surface area contributed by atoms with Crippen molar-refractivity contribution >= 4 is 28.9 Å². The Morgan fingerprint density at radius 3 is 2.50 bits per heavy atom. The summed E-state index contributed by atoms with van der Waals surface area (Å²) in [6.45, 7) is 3.61. The van der Waals surface area contributed by atoms with E-state index in [0.717, 1.165) is 29.9 Å². The second kappa shape index (κ2) is 10.8. The van der Waals surface area contributed by atoms with Crippen molar-refractivity contribution in [3.63, 3.8) is 0 Å². The Morgan fingerprint density at radius 1 is 1.00 bits per heavy atom. The van der Waals surface area contributed by atoms with Crippen LogP contribution in [-0.4, -0.2) is 50.7 Å². The fraction of sp³-hybridized carbons (Fsp3) is 0.286. The zero-order valence-corrected chi connectivity index (χ0v) is 20.0. The van der Waals surface area contributed by atoms with E-state index >= 15 is 0 Å². The normalized spacial score (nSPS) is 17.7. The number of amides is 2. The Kier molecular flexibility index (Phi) is 7.13. The van der Waals surface area contributed by atoms with Crippen LogP contribution in [-0.2, 0) is 27.3 Å². The number of hydrogen-bond acceptors (Lipinski definition) is 5. The molecule has 0 aromatic heterocycles. The monoisotopic (exact) mass is 488 g/mol. The number of benzene rings is 3. The fourth-order valence-electron chi connectivity index (χ4n) is 4.60. The predicted octanol–water partition coefficient (Wildman–Crippen LogP) is 3.35. The molecule has 2 aliphatic heterocycles. The van der Waals surface area contributed by atoms with E-state index in [1.807, 2.05) is 54.6 Å². The summed E-state index contributed by atoms with van der Waals surface area (Å²) in [6, 6.07) is 21.0. The first kappa shape index (κ1) is 23.8. The quantitative estimate of drug-likeness (QED) is 0.557. The van der Waals surface area contributed by atoms with E-state index in [9.17, 15) is 14.0 Å². The number of halogens is 1. The van der Waals surface area contributed by atoms with Gasteiger partial charge in [0, 0.05) is 25.3 Å². The third-order valence-electron chi connectivity index (χ3n) is 6.51. The maximum absolute atomic E-state index is 14.1. The number of nitrogens with zero attached hydrogens (tertiary/aromatic N) is 2. The van der Waals surface area contributed by atoms with Crippen LogP contribution in [0.5, 0.6) is 0 Å². The van der Waals surface area contributed by atoms with Crippen LogP contribution in [0.25, 0.3) is 0 Å². The SMILES string of the molecule is O=C(Cc1ccc(N2CCOCC2)cc1)N[C@H]1CNc2ccc(F)cc2N(Cc2ccccc2)C1=O. The first-order chi connectivity index (χ1) is 17.6. The summed E-state index contributed by atoms with van der Waals surface area (Å²) in [5.41, 5.74) is 3.99. The first-order valence-electron chi connectivity index (χ1n) is 12.2. The summed E-state index contributed by atoms with van der Waals surface area (Å²) in [5, 5.41) is 6.09. The summed E-state index contributed by atoms with van der Waals surface area (Å²) in [7, 11) is 0. The summed E-state index contributed by atoms with van der Waals surface area (Å²) in [6.07, 6.45) is 0.160. The van der Waals surface area contributed by atoms with Crippen LogP contribution in [0.4, 0.5) is 21.5 Å². The molecule has 1 atom stereocenters. The molecule has 1 fully saturated rings. The number of morpholine rings is 1. The molecule has 0 bridgehead atoms. The third-order valence-corrected chi connectivity index (χ3v) is 6.51. The molecule has 8 heteroatoms. The van der Waals surface area contributed by atoms with E-state index < -0.39 is 11.9 Å². The van der Waals surface area contributed by atoms with Gasteiger partial charge in [-0.25, -0.2) is 4.39 Å². The molecule has 186 valence electrons. The van der Waals surface area contributed by atoms with Gasteiger partial charge in [0.25, 0.3) is 5.91 Å². The maximum Gasteiger partial charge on any atom is 0.251 e. The average Bonchev–Trinajstić information content (AvgIpc) is 3.02. The number of nitrogens with one attached hydrogen (secondary N) is 2. The van der Waals surface area contributed by atoms with Gasteiger partial charge >= 0.3 is 0 Å². The van der Waals surface area contributed by atoms with Crippen molar-refractivity contribution in [2.45, 2.75) is 19.0 Å². The zero-order chi connectivity index (χ0) is 24.9. The number of hydrogen-bond donors (Lipinski definition) is 2. The van der Waals surface area contributed by atoms with E-state index in [1.165, 1.54) is 17.0 Å². The highest BCUT2D eigenvalue weighted by atomic mass is 19.1. The third kappa shape index (κ3) is 5.49. The van der Waals surface area contributed by atoms with Gasteiger partial charge in [-0.3, -0.25) is 9.59 Å². The Bertz CT molecular complexity index is 1210. The van der Waals surface area contributed by atoms with Crippen LogP contribution in [0.15, 0.2) is 72.8 Å². The van der Waals surface area contributed by atoms with Gasteiger partial charge in [-0.1, -0.05) is 42.5 Å². The van der Waals surface area contributed by atoms with Crippen LogP contribution < -0.4 is 20.4 Å². The van der Waals surface area contributed by atoms with Crippen molar-refractivity contribution in [2.24, 2.45) is 0 Å². The molecule has 3 aromatic rings. The summed E-state index contributed by atoms with van der Waals surface area (Å²) in [5.74, 6) is -0.956. The van der Waals surface area contributed by atoms with Crippen LogP contribution in [0.2, 0.25) is 0 Å².